The zero-order chi connectivity index (χ0) is 32.5. The minimum Gasteiger partial charge on any atom is -0.495 e. The number of benzene rings is 3. The van der Waals surface area contributed by atoms with Crippen molar-refractivity contribution in [3.63, 3.8) is 0 Å². The second-order valence-electron chi connectivity index (χ2n) is 12.3. The maximum Gasteiger partial charge on any atom is 0.410 e. The molecule has 5 rings (SSSR count). The number of carbonyl (C=O) groups is 3. The van der Waals surface area contributed by atoms with Gasteiger partial charge >= 0.3 is 12.1 Å². The highest BCUT2D eigenvalue weighted by Crippen LogP contribution is 2.43. The van der Waals surface area contributed by atoms with E-state index < -0.39 is 5.60 Å². The predicted molar refractivity (Wildman–Crippen MR) is 179 cm³/mol. The van der Waals surface area contributed by atoms with E-state index in [9.17, 15) is 14.4 Å². The van der Waals surface area contributed by atoms with Crippen molar-refractivity contribution in [2.75, 3.05) is 68.5 Å². The Hall–Kier alpha value is -4.44. The fourth-order valence-corrected chi connectivity index (χ4v) is 5.97. The summed E-state index contributed by atoms with van der Waals surface area (Å²) < 4.78 is 11.6. The number of para-hydroxylation sites is 1. The summed E-state index contributed by atoms with van der Waals surface area (Å²) in [5.74, 6) is 0.504. The van der Waals surface area contributed by atoms with Crippen LogP contribution in [0.25, 0.3) is 22.3 Å². The monoisotopic (exact) mass is 633 g/mol. The van der Waals surface area contributed by atoms with Crippen LogP contribution in [0.4, 0.5) is 26.7 Å². The second kappa shape index (κ2) is 12.9. The van der Waals surface area contributed by atoms with E-state index in [1.165, 1.54) is 6.92 Å². The number of halogens is 1. The van der Waals surface area contributed by atoms with Crippen LogP contribution in [-0.2, 0) is 9.53 Å². The normalized spacial score (nSPS) is 15.4. The van der Waals surface area contributed by atoms with Crippen LogP contribution < -0.4 is 19.9 Å². The van der Waals surface area contributed by atoms with Crippen LogP contribution in [0.1, 0.15) is 27.7 Å². The van der Waals surface area contributed by atoms with Crippen molar-refractivity contribution in [1.82, 2.24) is 9.80 Å². The molecule has 238 valence electrons. The minimum atomic E-state index is -0.563. The zero-order valence-corrected chi connectivity index (χ0v) is 27.4. The summed E-state index contributed by atoms with van der Waals surface area (Å²) in [7, 11) is 3.42. The molecule has 11 heteroatoms. The number of urea groups is 1. The lowest BCUT2D eigenvalue weighted by Gasteiger charge is -2.37. The molecule has 0 saturated carbocycles. The van der Waals surface area contributed by atoms with Crippen LogP contribution in [0.5, 0.6) is 5.75 Å². The van der Waals surface area contributed by atoms with Crippen LogP contribution in [0.3, 0.4) is 0 Å². The molecule has 10 nitrogen and oxygen atoms in total. The molecule has 0 spiro atoms. The van der Waals surface area contributed by atoms with Gasteiger partial charge in [0.05, 0.1) is 29.2 Å². The molecule has 0 atom stereocenters. The van der Waals surface area contributed by atoms with Crippen LogP contribution in [-0.4, -0.2) is 86.9 Å². The van der Waals surface area contributed by atoms with Gasteiger partial charge in [-0.3, -0.25) is 9.69 Å². The Morgan fingerprint density at radius 3 is 2.07 bits per heavy atom. The van der Waals surface area contributed by atoms with E-state index in [4.69, 9.17) is 21.1 Å². The number of anilines is 3. The number of piperazine rings is 1. The van der Waals surface area contributed by atoms with Crippen molar-refractivity contribution in [2.24, 2.45) is 0 Å². The molecule has 0 aromatic heterocycles. The summed E-state index contributed by atoms with van der Waals surface area (Å²) in [6.45, 7) is 10.4. The summed E-state index contributed by atoms with van der Waals surface area (Å²) in [5, 5.41) is 3.44. The molecule has 0 unspecified atom stereocenters. The lowest BCUT2D eigenvalue weighted by molar-refractivity contribution is -0.114. The first-order valence-corrected chi connectivity index (χ1v) is 15.4. The van der Waals surface area contributed by atoms with E-state index >= 15 is 0 Å². The third-order valence-corrected chi connectivity index (χ3v) is 8.18. The van der Waals surface area contributed by atoms with Crippen molar-refractivity contribution < 1.29 is 23.9 Å². The van der Waals surface area contributed by atoms with Gasteiger partial charge in [0.15, 0.2) is 0 Å². The highest BCUT2D eigenvalue weighted by Gasteiger charge is 2.29. The van der Waals surface area contributed by atoms with Gasteiger partial charge in [-0.15, -0.1) is 0 Å². The average molecular weight is 634 g/mol. The maximum absolute atomic E-state index is 12.6. The number of methoxy groups -OCH3 is 1. The summed E-state index contributed by atoms with van der Waals surface area (Å²) in [4.78, 5) is 44.5. The number of amides is 4. The van der Waals surface area contributed by atoms with E-state index in [0.717, 1.165) is 27.9 Å². The Morgan fingerprint density at radius 2 is 1.51 bits per heavy atom. The van der Waals surface area contributed by atoms with Crippen molar-refractivity contribution in [1.29, 1.82) is 0 Å². The van der Waals surface area contributed by atoms with Crippen LogP contribution >= 0.6 is 11.6 Å². The van der Waals surface area contributed by atoms with E-state index in [0.29, 0.717) is 61.4 Å². The molecule has 3 aromatic rings. The summed E-state index contributed by atoms with van der Waals surface area (Å²) in [6.07, 6.45) is -0.327. The third kappa shape index (κ3) is 6.96. The first kappa shape index (κ1) is 32.0. The lowest BCUT2D eigenvalue weighted by Crippen LogP contribution is -2.50. The fourth-order valence-electron chi connectivity index (χ4n) is 5.69. The van der Waals surface area contributed by atoms with Crippen molar-refractivity contribution in [2.45, 2.75) is 33.3 Å². The first-order valence-electron chi connectivity index (χ1n) is 15.0. The average Bonchev–Trinajstić information content (AvgIpc) is 3.33. The maximum atomic E-state index is 12.6. The Kier molecular flexibility index (Phi) is 9.16. The quantitative estimate of drug-likeness (QED) is 0.330. The number of ether oxygens (including phenoxy) is 2. The van der Waals surface area contributed by atoms with Gasteiger partial charge in [-0.1, -0.05) is 41.9 Å². The molecule has 2 heterocycles. The van der Waals surface area contributed by atoms with Gasteiger partial charge in [0.25, 0.3) is 0 Å². The molecule has 2 saturated heterocycles. The Bertz CT molecular complexity index is 1610. The van der Waals surface area contributed by atoms with Crippen LogP contribution in [0.15, 0.2) is 54.6 Å². The Morgan fingerprint density at radius 1 is 0.867 bits per heavy atom. The highest BCUT2D eigenvalue weighted by atomic mass is 35.5. The molecule has 2 aliphatic heterocycles. The predicted octanol–water partition coefficient (Wildman–Crippen LogP) is 6.57. The molecule has 4 amide bonds. The van der Waals surface area contributed by atoms with Gasteiger partial charge in [-0.05, 0) is 56.2 Å². The number of hydrogen-bond acceptors (Lipinski definition) is 6. The smallest absolute Gasteiger partial charge is 0.410 e. The standard InChI is InChI=1S/C34H40ClN5O5/c1-22(41)36-28-12-10-24(21-30(28)38-15-17-39(18-16-38)33(43)45-34(2,3)4)26-9-7-8-25(31(26)44-6)23-11-13-29(27(35)20-23)40-19-14-37(5)32(40)42/h7-13,20-21H,14-19H2,1-6H3,(H,36,41). The largest absolute Gasteiger partial charge is 0.495 e. The molecule has 0 bridgehead atoms. The van der Waals surface area contributed by atoms with Crippen molar-refractivity contribution in [3.8, 4) is 28.0 Å². The van der Waals surface area contributed by atoms with Crippen molar-refractivity contribution in [3.05, 3.63) is 59.6 Å². The third-order valence-electron chi connectivity index (χ3n) is 7.88. The topological polar surface area (TPSA) is 94.7 Å². The van der Waals surface area contributed by atoms with Gasteiger partial charge in [-0.25, -0.2) is 9.59 Å². The summed E-state index contributed by atoms with van der Waals surface area (Å²) in [5.41, 5.74) is 5.14. The summed E-state index contributed by atoms with van der Waals surface area (Å²) >= 11 is 6.73. The first-order chi connectivity index (χ1) is 21.4. The van der Waals surface area contributed by atoms with Crippen molar-refractivity contribution >= 4 is 46.7 Å². The fraction of sp³-hybridized carbons (Fsp3) is 0.382. The number of likely N-dealkylation sites (N-methyl/N-ethyl adjacent to an activating group) is 1. The number of carbonyl (C=O) groups excluding carboxylic acids is 3. The molecule has 1 N–H and O–H groups in total. The van der Waals surface area contributed by atoms with Crippen LogP contribution in [0.2, 0.25) is 5.02 Å². The SMILES string of the molecule is COc1c(-c2ccc(N3CCN(C)C3=O)c(Cl)c2)cccc1-c1ccc(NC(C)=O)c(N2CCN(C(=O)OC(C)(C)C)CC2)c1. The molecular weight excluding hydrogens is 594 g/mol. The van der Waals surface area contributed by atoms with Gasteiger partial charge < -0.3 is 29.5 Å². The summed E-state index contributed by atoms with van der Waals surface area (Å²) in [6, 6.07) is 17.4. The molecule has 3 aromatic carbocycles. The van der Waals surface area contributed by atoms with E-state index in [1.807, 2.05) is 75.4 Å². The zero-order valence-electron chi connectivity index (χ0n) is 26.6. The number of hydrogen-bond donors (Lipinski definition) is 1. The molecular formula is C34H40ClN5O5. The van der Waals surface area contributed by atoms with Crippen LogP contribution in [0, 0.1) is 0 Å². The molecule has 0 radical (unpaired) electrons. The molecule has 0 aliphatic carbocycles. The molecule has 45 heavy (non-hydrogen) atoms. The van der Waals surface area contributed by atoms with E-state index in [-0.39, 0.29) is 18.0 Å². The van der Waals surface area contributed by atoms with Gasteiger partial charge in [0.2, 0.25) is 5.91 Å². The number of nitrogens with zero attached hydrogens (tertiary/aromatic N) is 4. The lowest BCUT2D eigenvalue weighted by atomic mass is 9.96. The number of rotatable bonds is 6. The van der Waals surface area contributed by atoms with E-state index in [2.05, 4.69) is 10.2 Å². The second-order valence-corrected chi connectivity index (χ2v) is 12.7. The van der Waals surface area contributed by atoms with Gasteiger partial charge in [-0.2, -0.15) is 0 Å². The Balaban J connectivity index is 1.46. The highest BCUT2D eigenvalue weighted by molar-refractivity contribution is 6.34. The minimum absolute atomic E-state index is 0.0750. The Labute approximate surface area is 269 Å². The molecule has 2 fully saturated rings. The number of nitrogens with one attached hydrogen (secondary N) is 1. The van der Waals surface area contributed by atoms with Gasteiger partial charge in [0, 0.05) is 64.4 Å². The van der Waals surface area contributed by atoms with E-state index in [1.54, 1.807) is 28.9 Å². The van der Waals surface area contributed by atoms with Gasteiger partial charge in [0.1, 0.15) is 11.4 Å². The molecule has 2 aliphatic rings.